The molecule has 0 aliphatic carbocycles. The van der Waals surface area contributed by atoms with Crippen LogP contribution in [0.5, 0.6) is 0 Å². The van der Waals surface area contributed by atoms with Crippen molar-refractivity contribution in [1.29, 1.82) is 0 Å². The van der Waals surface area contributed by atoms with Crippen molar-refractivity contribution in [1.82, 2.24) is 10.4 Å². The van der Waals surface area contributed by atoms with E-state index in [4.69, 9.17) is 4.42 Å². The smallest absolute Gasteiger partial charge is 0.272 e. The van der Waals surface area contributed by atoms with Gasteiger partial charge in [0.15, 0.2) is 0 Å². The lowest BCUT2D eigenvalue weighted by atomic mass is 9.85. The van der Waals surface area contributed by atoms with E-state index in [-0.39, 0.29) is 11.3 Å². The summed E-state index contributed by atoms with van der Waals surface area (Å²) in [5.74, 6) is 1.54. The first-order valence-electron chi connectivity index (χ1n) is 7.19. The monoisotopic (exact) mass is 299 g/mol. The van der Waals surface area contributed by atoms with E-state index < -0.39 is 0 Å². The molecule has 1 N–H and O–H groups in total. The quantitative estimate of drug-likeness (QED) is 0.679. The minimum absolute atomic E-state index is 0.180. The van der Waals surface area contributed by atoms with Crippen molar-refractivity contribution in [3.8, 4) is 0 Å². The van der Waals surface area contributed by atoms with Crippen LogP contribution in [0, 0.1) is 6.92 Å². The van der Waals surface area contributed by atoms with Crippen LogP contribution >= 0.6 is 0 Å². The average Bonchev–Trinajstić information content (AvgIpc) is 2.93. The number of furan rings is 1. The SMILES string of the molecule is C/C(CC(C)(C)c1ccc(C)o1)=N/NC(=O)c1cccnc1. The van der Waals surface area contributed by atoms with Crippen LogP contribution in [0.25, 0.3) is 0 Å². The summed E-state index contributed by atoms with van der Waals surface area (Å²) in [5.41, 5.74) is 3.69. The Labute approximate surface area is 130 Å². The minimum atomic E-state index is -0.265. The summed E-state index contributed by atoms with van der Waals surface area (Å²) in [5, 5.41) is 4.17. The number of carbonyl (C=O) groups is 1. The highest BCUT2D eigenvalue weighted by Gasteiger charge is 2.25. The van der Waals surface area contributed by atoms with Gasteiger partial charge in [-0.3, -0.25) is 9.78 Å². The Morgan fingerprint density at radius 2 is 2.14 bits per heavy atom. The molecule has 2 rings (SSSR count). The number of pyridine rings is 1. The van der Waals surface area contributed by atoms with Gasteiger partial charge in [-0.2, -0.15) is 5.10 Å². The van der Waals surface area contributed by atoms with E-state index in [2.05, 4.69) is 29.4 Å². The number of hydrogen-bond donors (Lipinski definition) is 1. The number of nitrogens with one attached hydrogen (secondary N) is 1. The predicted octanol–water partition coefficient (Wildman–Crippen LogP) is 3.46. The lowest BCUT2D eigenvalue weighted by Gasteiger charge is -2.21. The second-order valence-electron chi connectivity index (χ2n) is 6.00. The van der Waals surface area contributed by atoms with Gasteiger partial charge < -0.3 is 4.42 Å². The van der Waals surface area contributed by atoms with Gasteiger partial charge in [0.25, 0.3) is 5.91 Å². The molecule has 0 aromatic carbocycles. The van der Waals surface area contributed by atoms with Crippen molar-refractivity contribution in [3.63, 3.8) is 0 Å². The number of hydrogen-bond acceptors (Lipinski definition) is 4. The Hall–Kier alpha value is -2.43. The van der Waals surface area contributed by atoms with E-state index in [1.54, 1.807) is 18.3 Å². The van der Waals surface area contributed by atoms with Gasteiger partial charge >= 0.3 is 0 Å². The molecule has 116 valence electrons. The van der Waals surface area contributed by atoms with Gasteiger partial charge in [0.05, 0.1) is 5.56 Å². The zero-order valence-corrected chi connectivity index (χ0v) is 13.4. The first-order chi connectivity index (χ1) is 10.4. The van der Waals surface area contributed by atoms with Crippen LogP contribution in [-0.2, 0) is 5.41 Å². The highest BCUT2D eigenvalue weighted by molar-refractivity contribution is 5.95. The molecule has 0 bridgehead atoms. The second-order valence-corrected chi connectivity index (χ2v) is 6.00. The lowest BCUT2D eigenvalue weighted by Crippen LogP contribution is -2.24. The molecule has 0 aliphatic heterocycles. The zero-order valence-electron chi connectivity index (χ0n) is 13.4. The summed E-state index contributed by atoms with van der Waals surface area (Å²) in [6, 6.07) is 7.35. The Morgan fingerprint density at radius 3 is 2.73 bits per heavy atom. The van der Waals surface area contributed by atoms with Gasteiger partial charge in [-0.25, -0.2) is 5.43 Å². The molecular formula is C17H21N3O2. The summed E-state index contributed by atoms with van der Waals surface area (Å²) in [6.07, 6.45) is 3.82. The molecule has 0 aliphatic rings. The minimum Gasteiger partial charge on any atom is -0.466 e. The molecule has 0 spiro atoms. The molecule has 0 fully saturated rings. The molecule has 2 aromatic heterocycles. The molecule has 1 amide bonds. The zero-order chi connectivity index (χ0) is 16.2. The normalized spacial score (nSPS) is 12.3. The third-order valence-corrected chi connectivity index (χ3v) is 3.38. The second kappa shape index (κ2) is 6.56. The van der Waals surface area contributed by atoms with E-state index in [0.29, 0.717) is 12.0 Å². The Kier molecular flexibility index (Phi) is 4.75. The third-order valence-electron chi connectivity index (χ3n) is 3.38. The fourth-order valence-corrected chi connectivity index (χ4v) is 2.27. The van der Waals surface area contributed by atoms with Crippen LogP contribution in [0.1, 0.15) is 49.1 Å². The number of aromatic nitrogens is 1. The van der Waals surface area contributed by atoms with Crippen LogP contribution in [0.15, 0.2) is 46.2 Å². The number of nitrogens with zero attached hydrogens (tertiary/aromatic N) is 2. The maximum absolute atomic E-state index is 11.9. The molecular weight excluding hydrogens is 278 g/mol. The summed E-state index contributed by atoms with van der Waals surface area (Å²) in [7, 11) is 0. The summed E-state index contributed by atoms with van der Waals surface area (Å²) in [4.78, 5) is 15.8. The van der Waals surface area contributed by atoms with Crippen molar-refractivity contribution < 1.29 is 9.21 Å². The van der Waals surface area contributed by atoms with Crippen molar-refractivity contribution in [2.24, 2.45) is 5.10 Å². The maximum atomic E-state index is 11.9. The molecule has 0 radical (unpaired) electrons. The largest absolute Gasteiger partial charge is 0.466 e. The van der Waals surface area contributed by atoms with Crippen LogP contribution in [0.3, 0.4) is 0 Å². The maximum Gasteiger partial charge on any atom is 0.272 e. The van der Waals surface area contributed by atoms with Crippen LogP contribution in [0.4, 0.5) is 0 Å². The number of amides is 1. The van der Waals surface area contributed by atoms with E-state index >= 15 is 0 Å². The van der Waals surface area contributed by atoms with Crippen LogP contribution < -0.4 is 5.43 Å². The molecule has 0 saturated carbocycles. The van der Waals surface area contributed by atoms with E-state index in [1.165, 1.54) is 6.20 Å². The summed E-state index contributed by atoms with van der Waals surface area (Å²) >= 11 is 0. The number of hydrazone groups is 1. The molecule has 2 aromatic rings. The average molecular weight is 299 g/mol. The van der Waals surface area contributed by atoms with Crippen molar-refractivity contribution in [2.75, 3.05) is 0 Å². The molecule has 0 atom stereocenters. The van der Waals surface area contributed by atoms with Gasteiger partial charge in [0, 0.05) is 23.5 Å². The Balaban J connectivity index is 1.99. The first-order valence-corrected chi connectivity index (χ1v) is 7.19. The van der Waals surface area contributed by atoms with Gasteiger partial charge in [0.1, 0.15) is 11.5 Å². The molecule has 0 unspecified atom stereocenters. The highest BCUT2D eigenvalue weighted by atomic mass is 16.3. The van der Waals surface area contributed by atoms with Crippen molar-refractivity contribution in [3.05, 3.63) is 53.7 Å². The fraction of sp³-hybridized carbons (Fsp3) is 0.353. The molecule has 5 nitrogen and oxygen atoms in total. The number of aryl methyl sites for hydroxylation is 1. The summed E-state index contributed by atoms with van der Waals surface area (Å²) < 4.78 is 5.69. The van der Waals surface area contributed by atoms with Gasteiger partial charge in [0.2, 0.25) is 0 Å². The standard InChI is InChI=1S/C17H21N3O2/c1-12(10-17(3,4)15-8-7-13(2)22-15)19-20-16(21)14-6-5-9-18-11-14/h5-9,11H,10H2,1-4H3,(H,20,21)/b19-12-. The Morgan fingerprint density at radius 1 is 1.36 bits per heavy atom. The molecule has 0 saturated heterocycles. The number of carbonyl (C=O) groups excluding carboxylic acids is 1. The van der Waals surface area contributed by atoms with E-state index in [0.717, 1.165) is 17.2 Å². The molecule has 2 heterocycles. The lowest BCUT2D eigenvalue weighted by molar-refractivity contribution is 0.0954. The van der Waals surface area contributed by atoms with Gasteiger partial charge in [-0.15, -0.1) is 0 Å². The van der Waals surface area contributed by atoms with E-state index in [1.807, 2.05) is 26.0 Å². The topological polar surface area (TPSA) is 67.5 Å². The molecule has 5 heteroatoms. The van der Waals surface area contributed by atoms with Crippen LogP contribution in [0.2, 0.25) is 0 Å². The van der Waals surface area contributed by atoms with Crippen LogP contribution in [-0.4, -0.2) is 16.6 Å². The third kappa shape index (κ3) is 4.04. The summed E-state index contributed by atoms with van der Waals surface area (Å²) in [6.45, 7) is 8.00. The Bertz CT molecular complexity index is 672. The van der Waals surface area contributed by atoms with Crippen molar-refractivity contribution >= 4 is 11.6 Å². The van der Waals surface area contributed by atoms with Gasteiger partial charge in [-0.1, -0.05) is 13.8 Å². The first kappa shape index (κ1) is 15.9. The number of rotatable bonds is 5. The predicted molar refractivity (Wildman–Crippen MR) is 85.9 cm³/mol. The highest BCUT2D eigenvalue weighted by Crippen LogP contribution is 2.28. The fourth-order valence-electron chi connectivity index (χ4n) is 2.27. The van der Waals surface area contributed by atoms with Gasteiger partial charge in [-0.05, 0) is 44.5 Å². The van der Waals surface area contributed by atoms with Crippen molar-refractivity contribution in [2.45, 2.75) is 39.5 Å². The molecule has 22 heavy (non-hydrogen) atoms. The van der Waals surface area contributed by atoms with E-state index in [9.17, 15) is 4.79 Å².